The summed E-state index contributed by atoms with van der Waals surface area (Å²) in [5.41, 5.74) is 2.40. The lowest BCUT2D eigenvalue weighted by Gasteiger charge is -2.40. The Morgan fingerprint density at radius 2 is 1.84 bits per heavy atom. The first-order valence-electron chi connectivity index (χ1n) is 11.7. The highest BCUT2D eigenvalue weighted by atomic mass is 16.5. The third-order valence-corrected chi connectivity index (χ3v) is 7.59. The number of amides is 1. The number of ether oxygens (including phenoxy) is 1. The van der Waals surface area contributed by atoms with Crippen molar-refractivity contribution in [2.24, 2.45) is 13.0 Å². The average molecular weight is 428 g/mol. The molecule has 2 aliphatic heterocycles. The average Bonchev–Trinajstić information content (AvgIpc) is 3.36. The molecule has 5 rings (SSSR count). The van der Waals surface area contributed by atoms with Crippen LogP contribution in [0.3, 0.4) is 0 Å². The molecule has 2 aromatic rings. The molecule has 4 heterocycles. The molecule has 2 aromatic heterocycles. The van der Waals surface area contributed by atoms with E-state index in [1.165, 1.54) is 12.8 Å². The van der Waals surface area contributed by atoms with Gasteiger partial charge in [-0.3, -0.25) is 9.48 Å². The molecule has 31 heavy (non-hydrogen) atoms. The molecule has 0 N–H and O–H groups in total. The summed E-state index contributed by atoms with van der Waals surface area (Å²) in [6.45, 7) is 6.85. The number of aromatic nitrogens is 4. The van der Waals surface area contributed by atoms with Gasteiger partial charge in [0.25, 0.3) is 5.91 Å². The van der Waals surface area contributed by atoms with Crippen LogP contribution in [-0.2, 0) is 17.2 Å². The molecule has 1 saturated carbocycles. The predicted molar refractivity (Wildman–Crippen MR) is 114 cm³/mol. The van der Waals surface area contributed by atoms with Gasteiger partial charge in [0.05, 0.1) is 11.3 Å². The second-order valence-corrected chi connectivity index (χ2v) is 9.73. The third kappa shape index (κ3) is 3.90. The first-order valence-corrected chi connectivity index (χ1v) is 11.7. The van der Waals surface area contributed by atoms with Crippen LogP contribution >= 0.6 is 0 Å². The van der Waals surface area contributed by atoms with Crippen molar-refractivity contribution in [2.75, 3.05) is 26.3 Å². The van der Waals surface area contributed by atoms with E-state index < -0.39 is 0 Å². The highest BCUT2D eigenvalue weighted by molar-refractivity contribution is 5.96. The van der Waals surface area contributed by atoms with Crippen LogP contribution in [0.25, 0.3) is 0 Å². The van der Waals surface area contributed by atoms with Gasteiger partial charge in [-0.15, -0.1) is 0 Å². The van der Waals surface area contributed by atoms with Crippen LogP contribution in [0, 0.1) is 19.8 Å². The fourth-order valence-corrected chi connectivity index (χ4v) is 5.33. The van der Waals surface area contributed by atoms with E-state index in [-0.39, 0.29) is 11.3 Å². The number of piperidine rings is 1. The molecule has 8 heteroatoms. The Morgan fingerprint density at radius 3 is 2.45 bits per heavy atom. The van der Waals surface area contributed by atoms with Gasteiger partial charge >= 0.3 is 0 Å². The van der Waals surface area contributed by atoms with Crippen molar-refractivity contribution in [3.8, 4) is 0 Å². The first-order chi connectivity index (χ1) is 15.0. The molecule has 0 spiro atoms. The van der Waals surface area contributed by atoms with Crippen molar-refractivity contribution in [1.82, 2.24) is 24.8 Å². The van der Waals surface area contributed by atoms with Gasteiger partial charge < -0.3 is 14.2 Å². The van der Waals surface area contributed by atoms with Gasteiger partial charge in [-0.25, -0.2) is 0 Å². The van der Waals surface area contributed by atoms with E-state index >= 15 is 0 Å². The van der Waals surface area contributed by atoms with Crippen molar-refractivity contribution < 1.29 is 14.1 Å². The topological polar surface area (TPSA) is 86.3 Å². The summed E-state index contributed by atoms with van der Waals surface area (Å²) in [4.78, 5) is 20.2. The second-order valence-electron chi connectivity index (χ2n) is 9.73. The van der Waals surface area contributed by atoms with Gasteiger partial charge in [0, 0.05) is 50.4 Å². The molecule has 2 saturated heterocycles. The predicted octanol–water partition coefficient (Wildman–Crippen LogP) is 3.29. The summed E-state index contributed by atoms with van der Waals surface area (Å²) in [5, 5.41) is 8.91. The Balaban J connectivity index is 1.34. The van der Waals surface area contributed by atoms with Crippen LogP contribution in [0.5, 0.6) is 0 Å². The van der Waals surface area contributed by atoms with Crippen molar-refractivity contribution in [1.29, 1.82) is 0 Å². The van der Waals surface area contributed by atoms with E-state index in [4.69, 9.17) is 14.2 Å². The fraction of sp³-hybridized carbons (Fsp3) is 0.739. The maximum Gasteiger partial charge on any atom is 0.257 e. The Labute approximate surface area is 183 Å². The Morgan fingerprint density at radius 1 is 1.13 bits per heavy atom. The van der Waals surface area contributed by atoms with Gasteiger partial charge in [0.15, 0.2) is 5.82 Å². The summed E-state index contributed by atoms with van der Waals surface area (Å²) >= 11 is 0. The summed E-state index contributed by atoms with van der Waals surface area (Å²) in [6.07, 6.45) is 7.37. The number of hydrogen-bond donors (Lipinski definition) is 0. The number of aryl methyl sites for hydroxylation is 2. The van der Waals surface area contributed by atoms with Crippen molar-refractivity contribution in [3.05, 3.63) is 28.7 Å². The Bertz CT molecular complexity index is 947. The minimum Gasteiger partial charge on any atom is -0.381 e. The molecule has 0 radical (unpaired) electrons. The van der Waals surface area contributed by atoms with Gasteiger partial charge in [-0.05, 0) is 51.9 Å². The Kier molecular flexibility index (Phi) is 5.36. The molecule has 168 valence electrons. The standard InChI is InChI=1S/C23H33N5O3/c1-15-19(16(2)27(3)25-15)21(29)28-10-8-23(9-11-28,14-17-4-5-17)22-24-20(31-26-22)18-6-12-30-13-7-18/h17-18H,4-14H2,1-3H3. The highest BCUT2D eigenvalue weighted by Crippen LogP contribution is 2.47. The van der Waals surface area contributed by atoms with Crippen LogP contribution in [0.4, 0.5) is 0 Å². The van der Waals surface area contributed by atoms with Gasteiger partial charge in [-0.1, -0.05) is 18.0 Å². The van der Waals surface area contributed by atoms with E-state index in [1.807, 2.05) is 25.8 Å². The first kappa shape index (κ1) is 20.7. The van der Waals surface area contributed by atoms with Crippen molar-refractivity contribution in [2.45, 2.75) is 70.1 Å². The van der Waals surface area contributed by atoms with Crippen molar-refractivity contribution >= 4 is 5.91 Å². The number of carbonyl (C=O) groups is 1. The normalized spacial score (nSPS) is 22.1. The third-order valence-electron chi connectivity index (χ3n) is 7.59. The quantitative estimate of drug-likeness (QED) is 0.728. The SMILES string of the molecule is Cc1nn(C)c(C)c1C(=O)N1CCC(CC2CC2)(c2noc(C3CCOCC3)n2)CC1. The minimum atomic E-state index is -0.0795. The molecule has 1 amide bonds. The zero-order valence-electron chi connectivity index (χ0n) is 18.9. The smallest absolute Gasteiger partial charge is 0.257 e. The lowest BCUT2D eigenvalue weighted by Crippen LogP contribution is -2.46. The molecule has 0 atom stereocenters. The van der Waals surface area contributed by atoms with E-state index in [2.05, 4.69) is 10.3 Å². The lowest BCUT2D eigenvalue weighted by atomic mass is 9.73. The van der Waals surface area contributed by atoms with Crippen molar-refractivity contribution in [3.63, 3.8) is 0 Å². The molecular formula is C23H33N5O3. The molecule has 8 nitrogen and oxygen atoms in total. The summed E-state index contributed by atoms with van der Waals surface area (Å²) in [7, 11) is 1.89. The maximum absolute atomic E-state index is 13.3. The molecule has 1 aliphatic carbocycles. The zero-order chi connectivity index (χ0) is 21.6. The lowest BCUT2D eigenvalue weighted by molar-refractivity contribution is 0.0644. The highest BCUT2D eigenvalue weighted by Gasteiger charge is 2.45. The van der Waals surface area contributed by atoms with Crippen LogP contribution < -0.4 is 0 Å². The fourth-order valence-electron chi connectivity index (χ4n) is 5.33. The van der Waals surface area contributed by atoms with Gasteiger partial charge in [-0.2, -0.15) is 10.1 Å². The molecular weight excluding hydrogens is 394 g/mol. The molecule has 0 bridgehead atoms. The zero-order valence-corrected chi connectivity index (χ0v) is 18.9. The van der Waals surface area contributed by atoms with Crippen LogP contribution in [0.1, 0.15) is 84.3 Å². The molecule has 3 aliphatic rings. The van der Waals surface area contributed by atoms with Gasteiger partial charge in [0.1, 0.15) is 0 Å². The van der Waals surface area contributed by atoms with E-state index in [0.29, 0.717) is 5.92 Å². The van der Waals surface area contributed by atoms with Crippen LogP contribution in [-0.4, -0.2) is 57.0 Å². The maximum atomic E-state index is 13.3. The molecule has 0 unspecified atom stereocenters. The van der Waals surface area contributed by atoms with E-state index in [9.17, 15) is 4.79 Å². The van der Waals surface area contributed by atoms with E-state index in [1.54, 1.807) is 4.68 Å². The van der Waals surface area contributed by atoms with Crippen LogP contribution in [0.15, 0.2) is 4.52 Å². The van der Waals surface area contributed by atoms with Gasteiger partial charge in [0.2, 0.25) is 5.89 Å². The summed E-state index contributed by atoms with van der Waals surface area (Å²) in [5.74, 6) is 2.80. The van der Waals surface area contributed by atoms with E-state index in [0.717, 1.165) is 93.0 Å². The number of likely N-dealkylation sites (tertiary alicyclic amines) is 1. The Hall–Kier alpha value is -2.22. The number of nitrogens with zero attached hydrogens (tertiary/aromatic N) is 5. The molecule has 0 aromatic carbocycles. The number of carbonyl (C=O) groups excluding carboxylic acids is 1. The largest absolute Gasteiger partial charge is 0.381 e. The monoisotopic (exact) mass is 427 g/mol. The molecule has 3 fully saturated rings. The number of hydrogen-bond acceptors (Lipinski definition) is 6. The minimum absolute atomic E-state index is 0.0795. The number of rotatable bonds is 5. The summed E-state index contributed by atoms with van der Waals surface area (Å²) < 4.78 is 13.0. The second kappa shape index (κ2) is 8.04. The van der Waals surface area contributed by atoms with Crippen LogP contribution in [0.2, 0.25) is 0 Å². The summed E-state index contributed by atoms with van der Waals surface area (Å²) in [6, 6.07) is 0.